The van der Waals surface area contributed by atoms with Gasteiger partial charge in [-0.2, -0.15) is 8.78 Å². The van der Waals surface area contributed by atoms with Crippen molar-refractivity contribution in [1.82, 2.24) is 0 Å². The minimum absolute atomic E-state index is 0.393. The fraction of sp³-hybridized carbons (Fsp3) is 0.333. The first-order valence-corrected chi connectivity index (χ1v) is 5.85. The zero-order valence-electron chi connectivity index (χ0n) is 7.91. The molecule has 0 aromatic heterocycles. The molecule has 0 saturated carbocycles. The van der Waals surface area contributed by atoms with Crippen LogP contribution in [0.2, 0.25) is 0 Å². The Morgan fingerprint density at radius 2 is 1.62 bits per heavy atom. The van der Waals surface area contributed by atoms with E-state index in [-0.39, 0.29) is 0 Å². The standard InChI is InChI=1S/C9H8F4O2S/c10-8(11)9(12,13)6-16(14,15)7-4-2-1-3-5-7/h1-5,8H,6H2. The van der Waals surface area contributed by atoms with Gasteiger partial charge in [0.15, 0.2) is 9.84 Å². The van der Waals surface area contributed by atoms with Gasteiger partial charge in [-0.15, -0.1) is 0 Å². The molecule has 0 heterocycles. The van der Waals surface area contributed by atoms with Crippen molar-refractivity contribution in [1.29, 1.82) is 0 Å². The zero-order chi connectivity index (χ0) is 12.4. The molecule has 0 aliphatic rings. The van der Waals surface area contributed by atoms with E-state index in [1.807, 2.05) is 0 Å². The van der Waals surface area contributed by atoms with Crippen LogP contribution in [0.4, 0.5) is 17.6 Å². The molecule has 0 aliphatic heterocycles. The highest BCUT2D eigenvalue weighted by atomic mass is 32.2. The first kappa shape index (κ1) is 13.0. The van der Waals surface area contributed by atoms with Gasteiger partial charge in [0.1, 0.15) is 5.75 Å². The topological polar surface area (TPSA) is 34.1 Å². The molecule has 0 fully saturated rings. The number of alkyl halides is 4. The van der Waals surface area contributed by atoms with E-state index >= 15 is 0 Å². The Balaban J connectivity index is 2.98. The predicted octanol–water partition coefficient (Wildman–Crippen LogP) is 2.36. The van der Waals surface area contributed by atoms with Gasteiger partial charge in [0, 0.05) is 0 Å². The summed E-state index contributed by atoms with van der Waals surface area (Å²) < 4.78 is 71.6. The van der Waals surface area contributed by atoms with Crippen LogP contribution in [0.25, 0.3) is 0 Å². The van der Waals surface area contributed by atoms with Gasteiger partial charge in [-0.05, 0) is 12.1 Å². The Hall–Kier alpha value is -1.11. The van der Waals surface area contributed by atoms with Crippen molar-refractivity contribution in [2.45, 2.75) is 17.2 Å². The third-order valence-corrected chi connectivity index (χ3v) is 3.56. The number of sulfone groups is 1. The Bertz CT molecular complexity index is 442. The summed E-state index contributed by atoms with van der Waals surface area (Å²) in [5.41, 5.74) is 0. The molecule has 0 radical (unpaired) electrons. The van der Waals surface area contributed by atoms with Crippen LogP contribution < -0.4 is 0 Å². The zero-order valence-corrected chi connectivity index (χ0v) is 8.72. The lowest BCUT2D eigenvalue weighted by atomic mass is 10.4. The van der Waals surface area contributed by atoms with E-state index in [0.717, 1.165) is 12.1 Å². The van der Waals surface area contributed by atoms with Gasteiger partial charge in [0.05, 0.1) is 4.90 Å². The van der Waals surface area contributed by atoms with Gasteiger partial charge in [-0.1, -0.05) is 18.2 Å². The van der Waals surface area contributed by atoms with E-state index in [9.17, 15) is 26.0 Å². The number of halogens is 4. The summed E-state index contributed by atoms with van der Waals surface area (Å²) in [7, 11) is -4.39. The van der Waals surface area contributed by atoms with Gasteiger partial charge in [0.2, 0.25) is 0 Å². The van der Waals surface area contributed by atoms with Gasteiger partial charge in [-0.25, -0.2) is 17.2 Å². The molecule has 0 aliphatic carbocycles. The fourth-order valence-electron chi connectivity index (χ4n) is 1.03. The molecule has 0 amide bonds. The average molecular weight is 256 g/mol. The van der Waals surface area contributed by atoms with Gasteiger partial charge >= 0.3 is 12.3 Å². The number of hydrogen-bond donors (Lipinski definition) is 0. The molecule has 0 bridgehead atoms. The van der Waals surface area contributed by atoms with E-state index in [1.54, 1.807) is 0 Å². The second-order valence-electron chi connectivity index (χ2n) is 3.13. The Kier molecular flexibility index (Phi) is 3.57. The van der Waals surface area contributed by atoms with Crippen LogP contribution in [0.3, 0.4) is 0 Å². The maximum Gasteiger partial charge on any atom is 0.321 e. The van der Waals surface area contributed by atoms with Crippen LogP contribution in [0, 0.1) is 0 Å². The van der Waals surface area contributed by atoms with Crippen LogP contribution in [0.5, 0.6) is 0 Å². The molecule has 7 heteroatoms. The van der Waals surface area contributed by atoms with Crippen molar-refractivity contribution in [3.05, 3.63) is 30.3 Å². The highest BCUT2D eigenvalue weighted by molar-refractivity contribution is 7.91. The smallest absolute Gasteiger partial charge is 0.223 e. The molecule has 0 unspecified atom stereocenters. The lowest BCUT2D eigenvalue weighted by Gasteiger charge is -2.15. The molecule has 0 saturated heterocycles. The van der Waals surface area contributed by atoms with Gasteiger partial charge in [-0.3, -0.25) is 0 Å². The summed E-state index contributed by atoms with van der Waals surface area (Å²) in [5.74, 6) is -6.42. The maximum atomic E-state index is 12.6. The van der Waals surface area contributed by atoms with Crippen LogP contribution >= 0.6 is 0 Å². The molecule has 0 spiro atoms. The van der Waals surface area contributed by atoms with E-state index in [4.69, 9.17) is 0 Å². The van der Waals surface area contributed by atoms with E-state index in [1.165, 1.54) is 18.2 Å². The molecule has 0 N–H and O–H groups in total. The minimum Gasteiger partial charge on any atom is -0.223 e. The molecular weight excluding hydrogens is 248 g/mol. The first-order valence-electron chi connectivity index (χ1n) is 4.19. The summed E-state index contributed by atoms with van der Waals surface area (Å²) in [6.07, 6.45) is -3.99. The number of rotatable bonds is 4. The first-order chi connectivity index (χ1) is 7.26. The van der Waals surface area contributed by atoms with E-state index in [0.29, 0.717) is 0 Å². The largest absolute Gasteiger partial charge is 0.321 e. The van der Waals surface area contributed by atoms with Crippen LogP contribution in [-0.4, -0.2) is 26.5 Å². The Morgan fingerprint density at radius 1 is 1.12 bits per heavy atom. The van der Waals surface area contributed by atoms with Gasteiger partial charge < -0.3 is 0 Å². The number of benzene rings is 1. The molecule has 2 nitrogen and oxygen atoms in total. The van der Waals surface area contributed by atoms with Crippen molar-refractivity contribution in [3.63, 3.8) is 0 Å². The summed E-state index contributed by atoms with van der Waals surface area (Å²) in [6.45, 7) is 0. The minimum atomic E-state index is -4.53. The van der Waals surface area contributed by atoms with E-state index < -0.39 is 32.8 Å². The SMILES string of the molecule is O=S(=O)(CC(F)(F)C(F)F)c1ccccc1. The molecule has 1 aromatic carbocycles. The van der Waals surface area contributed by atoms with Crippen molar-refractivity contribution in [2.24, 2.45) is 0 Å². The summed E-state index contributed by atoms with van der Waals surface area (Å²) in [5, 5.41) is 0. The normalized spacial score (nSPS) is 13.1. The van der Waals surface area contributed by atoms with Crippen LogP contribution in [0.15, 0.2) is 35.2 Å². The van der Waals surface area contributed by atoms with Crippen molar-refractivity contribution in [3.8, 4) is 0 Å². The molecule has 1 rings (SSSR count). The lowest BCUT2D eigenvalue weighted by Crippen LogP contribution is -2.35. The summed E-state index contributed by atoms with van der Waals surface area (Å²) in [6, 6.07) is 6.30. The fourth-order valence-corrected chi connectivity index (χ4v) is 2.40. The van der Waals surface area contributed by atoms with Gasteiger partial charge in [0.25, 0.3) is 0 Å². The maximum absolute atomic E-state index is 12.6. The Labute approximate surface area is 89.8 Å². The third kappa shape index (κ3) is 2.94. The van der Waals surface area contributed by atoms with Crippen molar-refractivity contribution in [2.75, 3.05) is 5.75 Å². The summed E-state index contributed by atoms with van der Waals surface area (Å²) >= 11 is 0. The monoisotopic (exact) mass is 256 g/mol. The molecular formula is C9H8F4O2S. The van der Waals surface area contributed by atoms with Crippen LogP contribution in [0.1, 0.15) is 0 Å². The van der Waals surface area contributed by atoms with E-state index in [2.05, 4.69) is 0 Å². The molecule has 90 valence electrons. The molecule has 0 atom stereocenters. The molecule has 16 heavy (non-hydrogen) atoms. The lowest BCUT2D eigenvalue weighted by molar-refractivity contribution is -0.110. The summed E-state index contributed by atoms with van der Waals surface area (Å²) in [4.78, 5) is -0.393. The van der Waals surface area contributed by atoms with Crippen molar-refractivity contribution < 1.29 is 26.0 Å². The highest BCUT2D eigenvalue weighted by Crippen LogP contribution is 2.27. The second kappa shape index (κ2) is 4.40. The highest BCUT2D eigenvalue weighted by Gasteiger charge is 2.45. The quantitative estimate of drug-likeness (QED) is 0.775. The molecule has 1 aromatic rings. The average Bonchev–Trinajstić information content (AvgIpc) is 2.17. The predicted molar refractivity (Wildman–Crippen MR) is 49.4 cm³/mol. The van der Waals surface area contributed by atoms with Crippen molar-refractivity contribution >= 4 is 9.84 Å². The Morgan fingerprint density at radius 3 is 2.06 bits per heavy atom. The third-order valence-electron chi connectivity index (χ3n) is 1.80. The van der Waals surface area contributed by atoms with Crippen LogP contribution in [-0.2, 0) is 9.84 Å². The number of hydrogen-bond acceptors (Lipinski definition) is 2. The second-order valence-corrected chi connectivity index (χ2v) is 5.12.